The van der Waals surface area contributed by atoms with E-state index in [9.17, 15) is 4.79 Å². The zero-order valence-corrected chi connectivity index (χ0v) is 11.0. The minimum absolute atomic E-state index is 0.294. The third-order valence-electron chi connectivity index (χ3n) is 4.10. The molecule has 6 nitrogen and oxygen atoms in total. The van der Waals surface area contributed by atoms with Crippen LogP contribution < -0.4 is 5.32 Å². The summed E-state index contributed by atoms with van der Waals surface area (Å²) in [5, 5.41) is 17.1. The number of piperidine rings is 1. The summed E-state index contributed by atoms with van der Waals surface area (Å²) in [6.07, 6.45) is 5.74. The minimum Gasteiger partial charge on any atom is -0.481 e. The number of fused-ring (bicyclic) bond motifs is 1. The minimum atomic E-state index is -0.718. The number of carboxylic acids is 1. The molecule has 0 saturated carbocycles. The van der Waals surface area contributed by atoms with Crippen molar-refractivity contribution in [3.05, 3.63) is 11.6 Å². The Bertz CT molecular complexity index is 465. The number of hydrogen-bond acceptors (Lipinski definition) is 4. The van der Waals surface area contributed by atoms with Crippen LogP contribution in [0.1, 0.15) is 37.3 Å². The van der Waals surface area contributed by atoms with Crippen molar-refractivity contribution in [1.82, 2.24) is 20.1 Å². The number of rotatable bonds is 3. The van der Waals surface area contributed by atoms with Crippen LogP contribution in [0.2, 0.25) is 0 Å². The summed E-state index contributed by atoms with van der Waals surface area (Å²) in [6, 6.07) is 0.480. The fourth-order valence-electron chi connectivity index (χ4n) is 2.97. The van der Waals surface area contributed by atoms with Crippen LogP contribution in [0.25, 0.3) is 0 Å². The monoisotopic (exact) mass is 264 g/mol. The fraction of sp³-hybridized carbons (Fsp3) is 0.769. The summed E-state index contributed by atoms with van der Waals surface area (Å²) in [4.78, 5) is 15.5. The predicted molar refractivity (Wildman–Crippen MR) is 68.8 cm³/mol. The maximum atomic E-state index is 11.0. The molecule has 2 aliphatic heterocycles. The van der Waals surface area contributed by atoms with Crippen LogP contribution in [0.5, 0.6) is 0 Å². The van der Waals surface area contributed by atoms with Crippen LogP contribution in [0.15, 0.2) is 0 Å². The van der Waals surface area contributed by atoms with Gasteiger partial charge in [-0.05, 0) is 25.8 Å². The lowest BCUT2D eigenvalue weighted by atomic mass is 9.98. The summed E-state index contributed by atoms with van der Waals surface area (Å²) in [5.41, 5.74) is 0. The number of aromatic nitrogens is 3. The van der Waals surface area contributed by atoms with E-state index in [0.717, 1.165) is 24.6 Å². The molecule has 1 aromatic heterocycles. The highest BCUT2D eigenvalue weighted by molar-refractivity contribution is 5.70. The number of carboxylic acid groups (broad SMARTS) is 1. The summed E-state index contributed by atoms with van der Waals surface area (Å²) in [5.74, 6) is 0.687. The molecule has 1 saturated heterocycles. The molecular weight excluding hydrogens is 244 g/mol. The van der Waals surface area contributed by atoms with E-state index in [4.69, 9.17) is 5.11 Å². The van der Waals surface area contributed by atoms with Gasteiger partial charge in [0.15, 0.2) is 5.82 Å². The van der Waals surface area contributed by atoms with Crippen molar-refractivity contribution in [2.45, 2.75) is 51.1 Å². The largest absolute Gasteiger partial charge is 0.481 e. The molecule has 3 rings (SSSR count). The molecule has 0 amide bonds. The lowest BCUT2D eigenvalue weighted by Crippen LogP contribution is -2.35. The summed E-state index contributed by atoms with van der Waals surface area (Å²) in [6.45, 7) is 1.76. The first kappa shape index (κ1) is 12.6. The molecular formula is C13H20N4O2. The maximum Gasteiger partial charge on any atom is 0.307 e. The van der Waals surface area contributed by atoms with Gasteiger partial charge in [-0.15, -0.1) is 0 Å². The van der Waals surface area contributed by atoms with Gasteiger partial charge in [-0.25, -0.2) is 9.67 Å². The zero-order valence-electron chi connectivity index (χ0n) is 11.0. The maximum absolute atomic E-state index is 11.0. The second-order valence-corrected chi connectivity index (χ2v) is 5.55. The van der Waals surface area contributed by atoms with Gasteiger partial charge in [-0.3, -0.25) is 4.79 Å². The van der Waals surface area contributed by atoms with Crippen LogP contribution in [-0.4, -0.2) is 38.4 Å². The van der Waals surface area contributed by atoms with E-state index in [-0.39, 0.29) is 5.92 Å². The average molecular weight is 264 g/mol. The SMILES string of the molecule is O=C(O)C1CCn2nc(CC3CCCCN3)nc2C1. The number of aryl methyl sites for hydroxylation is 1. The van der Waals surface area contributed by atoms with Crippen molar-refractivity contribution in [1.29, 1.82) is 0 Å². The van der Waals surface area contributed by atoms with Crippen LogP contribution in [-0.2, 0) is 24.2 Å². The first-order chi connectivity index (χ1) is 9.22. The van der Waals surface area contributed by atoms with E-state index in [0.29, 0.717) is 25.4 Å². The molecule has 0 aliphatic carbocycles. The van der Waals surface area contributed by atoms with Crippen molar-refractivity contribution in [2.75, 3.05) is 6.54 Å². The molecule has 0 bridgehead atoms. The lowest BCUT2D eigenvalue weighted by molar-refractivity contribution is -0.142. The van der Waals surface area contributed by atoms with E-state index >= 15 is 0 Å². The van der Waals surface area contributed by atoms with Crippen molar-refractivity contribution in [3.63, 3.8) is 0 Å². The van der Waals surface area contributed by atoms with Gasteiger partial charge >= 0.3 is 5.97 Å². The first-order valence-electron chi connectivity index (χ1n) is 7.11. The third kappa shape index (κ3) is 2.78. The Balaban J connectivity index is 1.67. The third-order valence-corrected chi connectivity index (χ3v) is 4.10. The van der Waals surface area contributed by atoms with Gasteiger partial charge in [0.05, 0.1) is 5.92 Å². The van der Waals surface area contributed by atoms with Gasteiger partial charge in [0.1, 0.15) is 5.82 Å². The number of aliphatic carboxylic acids is 1. The van der Waals surface area contributed by atoms with Gasteiger partial charge < -0.3 is 10.4 Å². The van der Waals surface area contributed by atoms with E-state index < -0.39 is 5.97 Å². The van der Waals surface area contributed by atoms with E-state index in [2.05, 4.69) is 15.4 Å². The fourth-order valence-corrected chi connectivity index (χ4v) is 2.97. The van der Waals surface area contributed by atoms with Gasteiger partial charge in [-0.2, -0.15) is 5.10 Å². The second-order valence-electron chi connectivity index (χ2n) is 5.55. The number of nitrogens with one attached hydrogen (secondary N) is 1. The van der Waals surface area contributed by atoms with Crippen LogP contribution in [0.4, 0.5) is 0 Å². The molecule has 2 atom stereocenters. The molecule has 2 aliphatic rings. The van der Waals surface area contributed by atoms with E-state index in [1.54, 1.807) is 0 Å². The molecule has 1 fully saturated rings. The summed E-state index contributed by atoms with van der Waals surface area (Å²) in [7, 11) is 0. The molecule has 2 unspecified atom stereocenters. The quantitative estimate of drug-likeness (QED) is 0.836. The Labute approximate surface area is 112 Å². The van der Waals surface area contributed by atoms with Crippen molar-refractivity contribution >= 4 is 5.97 Å². The molecule has 104 valence electrons. The first-order valence-corrected chi connectivity index (χ1v) is 7.11. The zero-order chi connectivity index (χ0) is 13.2. The van der Waals surface area contributed by atoms with Crippen molar-refractivity contribution in [2.24, 2.45) is 5.92 Å². The topological polar surface area (TPSA) is 80.0 Å². The summed E-state index contributed by atoms with van der Waals surface area (Å²) < 4.78 is 1.89. The van der Waals surface area contributed by atoms with E-state index in [1.807, 2.05) is 4.68 Å². The molecule has 3 heterocycles. The molecule has 6 heteroatoms. The lowest BCUT2D eigenvalue weighted by Gasteiger charge is -2.21. The van der Waals surface area contributed by atoms with Crippen LogP contribution in [0, 0.1) is 5.92 Å². The molecule has 0 aromatic carbocycles. The standard InChI is InChI=1S/C13H20N4O2/c18-13(19)9-4-6-17-12(7-9)15-11(16-17)8-10-3-1-2-5-14-10/h9-10,14H,1-8H2,(H,18,19). The number of nitrogens with zero attached hydrogens (tertiary/aromatic N) is 3. The molecule has 1 aromatic rings. The summed E-state index contributed by atoms with van der Waals surface area (Å²) >= 11 is 0. The Morgan fingerprint density at radius 3 is 3.05 bits per heavy atom. The van der Waals surface area contributed by atoms with Crippen LogP contribution >= 0.6 is 0 Å². The van der Waals surface area contributed by atoms with Crippen LogP contribution in [0.3, 0.4) is 0 Å². The van der Waals surface area contributed by atoms with Gasteiger partial charge in [-0.1, -0.05) is 6.42 Å². The Morgan fingerprint density at radius 1 is 1.42 bits per heavy atom. The smallest absolute Gasteiger partial charge is 0.307 e. The predicted octanol–water partition coefficient (Wildman–Crippen LogP) is 0.610. The average Bonchev–Trinajstić information content (AvgIpc) is 2.80. The normalized spacial score (nSPS) is 26.9. The highest BCUT2D eigenvalue weighted by Crippen LogP contribution is 2.20. The Morgan fingerprint density at radius 2 is 2.32 bits per heavy atom. The Hall–Kier alpha value is -1.43. The van der Waals surface area contributed by atoms with Gasteiger partial charge in [0.25, 0.3) is 0 Å². The number of hydrogen-bond donors (Lipinski definition) is 2. The molecule has 19 heavy (non-hydrogen) atoms. The van der Waals surface area contributed by atoms with Crippen molar-refractivity contribution < 1.29 is 9.90 Å². The highest BCUT2D eigenvalue weighted by atomic mass is 16.4. The van der Waals surface area contributed by atoms with Gasteiger partial charge in [0.2, 0.25) is 0 Å². The second kappa shape index (κ2) is 5.28. The highest BCUT2D eigenvalue weighted by Gasteiger charge is 2.27. The van der Waals surface area contributed by atoms with Gasteiger partial charge in [0, 0.05) is 25.4 Å². The number of carbonyl (C=O) groups is 1. The molecule has 2 N–H and O–H groups in total. The Kier molecular flexibility index (Phi) is 3.50. The molecule has 0 spiro atoms. The van der Waals surface area contributed by atoms with E-state index in [1.165, 1.54) is 19.3 Å². The van der Waals surface area contributed by atoms with Crippen molar-refractivity contribution in [3.8, 4) is 0 Å². The molecule has 0 radical (unpaired) electrons.